The summed E-state index contributed by atoms with van der Waals surface area (Å²) in [4.78, 5) is 12.2. The number of methoxy groups -OCH3 is 2. The Morgan fingerprint density at radius 2 is 1.95 bits per heavy atom. The Kier molecular flexibility index (Phi) is 4.47. The number of nitrogens with one attached hydrogen (secondary N) is 1. The summed E-state index contributed by atoms with van der Waals surface area (Å²) in [5.41, 5.74) is 1.15. The van der Waals surface area contributed by atoms with Gasteiger partial charge in [-0.3, -0.25) is 9.48 Å². The van der Waals surface area contributed by atoms with Gasteiger partial charge in [0.25, 0.3) is 5.91 Å². The number of hydrogen-bond acceptors (Lipinski definition) is 4. The summed E-state index contributed by atoms with van der Waals surface area (Å²) < 4.78 is 12.1. The topological polar surface area (TPSA) is 65.4 Å². The Bertz CT molecular complexity index is 635. The summed E-state index contributed by atoms with van der Waals surface area (Å²) >= 11 is 0. The van der Waals surface area contributed by atoms with Crippen molar-refractivity contribution >= 4 is 11.6 Å². The maximum Gasteiger partial charge on any atom is 0.255 e. The summed E-state index contributed by atoms with van der Waals surface area (Å²) in [7, 11) is 3.09. The highest BCUT2D eigenvalue weighted by Crippen LogP contribution is 2.27. The number of carbonyl (C=O) groups excluding carboxylic acids is 1. The lowest BCUT2D eigenvalue weighted by atomic mass is 10.2. The Morgan fingerprint density at radius 1 is 1.24 bits per heavy atom. The smallest absolute Gasteiger partial charge is 0.255 e. The van der Waals surface area contributed by atoms with E-state index in [4.69, 9.17) is 9.47 Å². The molecule has 2 rings (SSSR count). The monoisotopic (exact) mass is 289 g/mol. The van der Waals surface area contributed by atoms with Crippen LogP contribution in [0.3, 0.4) is 0 Å². The molecular formula is C15H19N3O3. The second kappa shape index (κ2) is 6.30. The lowest BCUT2D eigenvalue weighted by molar-refractivity contribution is 0.102. The molecule has 1 aromatic carbocycles. The van der Waals surface area contributed by atoms with Crippen molar-refractivity contribution < 1.29 is 14.3 Å². The number of ether oxygens (including phenoxy) is 2. The molecular weight excluding hydrogens is 270 g/mol. The van der Waals surface area contributed by atoms with Crippen LogP contribution in [0.4, 0.5) is 5.69 Å². The minimum Gasteiger partial charge on any atom is -0.493 e. The van der Waals surface area contributed by atoms with Gasteiger partial charge in [0.1, 0.15) is 0 Å². The molecule has 0 aliphatic rings. The van der Waals surface area contributed by atoms with Gasteiger partial charge in [-0.25, -0.2) is 0 Å². The molecule has 21 heavy (non-hydrogen) atoms. The van der Waals surface area contributed by atoms with E-state index >= 15 is 0 Å². The van der Waals surface area contributed by atoms with Gasteiger partial charge in [0.15, 0.2) is 11.5 Å². The highest BCUT2D eigenvalue weighted by atomic mass is 16.5. The molecule has 0 aliphatic heterocycles. The standard InChI is InChI=1S/C15H19N3O3/c1-10(2)18-9-12(8-16-18)17-15(19)11-5-6-13(20-3)14(7-11)21-4/h5-10H,1-4H3,(H,17,19). The van der Waals surface area contributed by atoms with Crippen molar-refractivity contribution in [2.45, 2.75) is 19.9 Å². The predicted octanol–water partition coefficient (Wildman–Crippen LogP) is 2.73. The Balaban J connectivity index is 2.16. The van der Waals surface area contributed by atoms with Crippen molar-refractivity contribution in [1.82, 2.24) is 9.78 Å². The van der Waals surface area contributed by atoms with Gasteiger partial charge < -0.3 is 14.8 Å². The molecule has 0 unspecified atom stereocenters. The molecule has 1 aromatic heterocycles. The van der Waals surface area contributed by atoms with Crippen molar-refractivity contribution in [2.75, 3.05) is 19.5 Å². The van der Waals surface area contributed by atoms with Crippen LogP contribution in [0.1, 0.15) is 30.2 Å². The fourth-order valence-corrected chi connectivity index (χ4v) is 1.87. The average Bonchev–Trinajstić information content (AvgIpc) is 2.95. The number of hydrogen-bond donors (Lipinski definition) is 1. The first kappa shape index (κ1) is 14.9. The third-order valence-electron chi connectivity index (χ3n) is 3.03. The highest BCUT2D eigenvalue weighted by Gasteiger charge is 2.12. The van der Waals surface area contributed by atoms with Crippen LogP contribution < -0.4 is 14.8 Å². The first-order valence-corrected chi connectivity index (χ1v) is 6.62. The molecule has 0 saturated heterocycles. The molecule has 0 radical (unpaired) electrons. The quantitative estimate of drug-likeness (QED) is 0.919. The number of anilines is 1. The first-order valence-electron chi connectivity index (χ1n) is 6.62. The zero-order chi connectivity index (χ0) is 15.4. The number of carbonyl (C=O) groups is 1. The van der Waals surface area contributed by atoms with Gasteiger partial charge in [0.2, 0.25) is 0 Å². The average molecular weight is 289 g/mol. The zero-order valence-electron chi connectivity index (χ0n) is 12.6. The van der Waals surface area contributed by atoms with Crippen LogP contribution in [-0.2, 0) is 0 Å². The van der Waals surface area contributed by atoms with E-state index in [0.717, 1.165) is 0 Å². The highest BCUT2D eigenvalue weighted by molar-refractivity contribution is 6.04. The van der Waals surface area contributed by atoms with Crippen molar-refractivity contribution in [1.29, 1.82) is 0 Å². The molecule has 1 amide bonds. The first-order chi connectivity index (χ1) is 10.0. The van der Waals surface area contributed by atoms with E-state index in [9.17, 15) is 4.79 Å². The van der Waals surface area contributed by atoms with Crippen molar-refractivity contribution in [3.8, 4) is 11.5 Å². The third-order valence-corrected chi connectivity index (χ3v) is 3.03. The molecule has 6 nitrogen and oxygen atoms in total. The van der Waals surface area contributed by atoms with Gasteiger partial charge >= 0.3 is 0 Å². The van der Waals surface area contributed by atoms with Gasteiger partial charge in [0.05, 0.1) is 26.1 Å². The molecule has 1 heterocycles. The van der Waals surface area contributed by atoms with E-state index in [0.29, 0.717) is 22.7 Å². The van der Waals surface area contributed by atoms with Crippen LogP contribution in [0.25, 0.3) is 0 Å². The molecule has 0 saturated carbocycles. The predicted molar refractivity (Wildman–Crippen MR) is 80.1 cm³/mol. The largest absolute Gasteiger partial charge is 0.493 e. The van der Waals surface area contributed by atoms with Gasteiger partial charge in [-0.2, -0.15) is 5.10 Å². The number of aromatic nitrogens is 2. The van der Waals surface area contributed by atoms with Crippen LogP contribution in [0.2, 0.25) is 0 Å². The minimum atomic E-state index is -0.223. The van der Waals surface area contributed by atoms with Gasteiger partial charge in [-0.15, -0.1) is 0 Å². The number of benzene rings is 1. The fourth-order valence-electron chi connectivity index (χ4n) is 1.87. The maximum atomic E-state index is 12.2. The van der Waals surface area contributed by atoms with Crippen LogP contribution in [0.5, 0.6) is 11.5 Å². The second-order valence-corrected chi connectivity index (χ2v) is 4.83. The summed E-state index contributed by atoms with van der Waals surface area (Å²) in [5, 5.41) is 6.98. The molecule has 2 aromatic rings. The molecule has 1 N–H and O–H groups in total. The molecule has 0 aliphatic carbocycles. The lowest BCUT2D eigenvalue weighted by Crippen LogP contribution is -2.11. The molecule has 6 heteroatoms. The van der Waals surface area contributed by atoms with Crippen molar-refractivity contribution in [3.63, 3.8) is 0 Å². The SMILES string of the molecule is COc1ccc(C(=O)Nc2cnn(C(C)C)c2)cc1OC. The summed E-state index contributed by atoms with van der Waals surface area (Å²) in [6.45, 7) is 4.04. The van der Waals surface area contributed by atoms with E-state index in [1.54, 1.807) is 42.4 Å². The molecule has 0 atom stereocenters. The summed E-state index contributed by atoms with van der Waals surface area (Å²) in [6.07, 6.45) is 3.42. The maximum absolute atomic E-state index is 12.2. The van der Waals surface area contributed by atoms with Crippen LogP contribution in [0, 0.1) is 0 Å². The van der Waals surface area contributed by atoms with Crippen molar-refractivity contribution in [3.05, 3.63) is 36.2 Å². The molecule has 0 fully saturated rings. The minimum absolute atomic E-state index is 0.223. The van der Waals surface area contributed by atoms with Crippen LogP contribution >= 0.6 is 0 Å². The summed E-state index contributed by atoms with van der Waals surface area (Å²) in [5.74, 6) is 0.879. The van der Waals surface area contributed by atoms with E-state index in [2.05, 4.69) is 10.4 Å². The third kappa shape index (κ3) is 3.34. The Morgan fingerprint density at radius 3 is 2.52 bits per heavy atom. The van der Waals surface area contributed by atoms with E-state index in [1.165, 1.54) is 7.11 Å². The Hall–Kier alpha value is -2.50. The van der Waals surface area contributed by atoms with Crippen LogP contribution in [0.15, 0.2) is 30.6 Å². The fraction of sp³-hybridized carbons (Fsp3) is 0.333. The second-order valence-electron chi connectivity index (χ2n) is 4.83. The summed E-state index contributed by atoms with van der Waals surface area (Å²) in [6, 6.07) is 5.27. The number of amides is 1. The molecule has 0 bridgehead atoms. The van der Waals surface area contributed by atoms with Gasteiger partial charge in [-0.05, 0) is 32.0 Å². The number of rotatable bonds is 5. The van der Waals surface area contributed by atoms with Gasteiger partial charge in [-0.1, -0.05) is 0 Å². The molecule has 112 valence electrons. The lowest BCUT2D eigenvalue weighted by Gasteiger charge is -2.09. The van der Waals surface area contributed by atoms with Crippen molar-refractivity contribution in [2.24, 2.45) is 0 Å². The normalized spacial score (nSPS) is 10.5. The van der Waals surface area contributed by atoms with E-state index in [1.807, 2.05) is 13.8 Å². The molecule has 0 spiro atoms. The van der Waals surface area contributed by atoms with Crippen LogP contribution in [-0.4, -0.2) is 29.9 Å². The zero-order valence-corrected chi connectivity index (χ0v) is 12.6. The Labute approximate surface area is 123 Å². The van der Waals surface area contributed by atoms with E-state index < -0.39 is 0 Å². The number of nitrogens with zero attached hydrogens (tertiary/aromatic N) is 2. The van der Waals surface area contributed by atoms with Gasteiger partial charge in [0, 0.05) is 17.8 Å². The van der Waals surface area contributed by atoms with E-state index in [-0.39, 0.29) is 11.9 Å².